The first-order chi connectivity index (χ1) is 8.55. The third-order valence-corrected chi connectivity index (χ3v) is 3.66. The van der Waals surface area contributed by atoms with E-state index in [4.69, 9.17) is 15.6 Å². The SMILES string of the molecule is CNCC1CN=C(/C(=C\N)S(N)(=O)=NC=O)OC1. The Hall–Kier alpha value is -1.45. The van der Waals surface area contributed by atoms with E-state index in [0.717, 1.165) is 12.7 Å². The first-order valence-corrected chi connectivity index (χ1v) is 6.84. The van der Waals surface area contributed by atoms with Gasteiger partial charge in [0.2, 0.25) is 12.3 Å². The number of ether oxygens (including phenoxy) is 1. The molecule has 9 heteroatoms. The van der Waals surface area contributed by atoms with Gasteiger partial charge < -0.3 is 15.8 Å². The van der Waals surface area contributed by atoms with Crippen LogP contribution in [0.5, 0.6) is 0 Å². The molecule has 0 aromatic carbocycles. The molecule has 0 aromatic heterocycles. The Bertz CT molecular complexity index is 479. The fourth-order valence-corrected chi connectivity index (χ4v) is 2.29. The molecule has 0 saturated carbocycles. The van der Waals surface area contributed by atoms with Crippen molar-refractivity contribution in [1.82, 2.24) is 5.32 Å². The summed E-state index contributed by atoms with van der Waals surface area (Å²) in [6, 6.07) is 0. The van der Waals surface area contributed by atoms with Gasteiger partial charge in [-0.25, -0.2) is 9.35 Å². The average molecular weight is 275 g/mol. The topological polar surface area (TPSA) is 132 Å². The zero-order chi connectivity index (χ0) is 13.6. The highest BCUT2D eigenvalue weighted by Gasteiger charge is 2.24. The number of rotatable bonds is 5. The van der Waals surface area contributed by atoms with E-state index in [2.05, 4.69) is 14.7 Å². The first-order valence-electron chi connectivity index (χ1n) is 5.27. The van der Waals surface area contributed by atoms with Crippen LogP contribution in [0, 0.1) is 5.92 Å². The smallest absolute Gasteiger partial charge is 0.242 e. The van der Waals surface area contributed by atoms with Crippen molar-refractivity contribution in [3.8, 4) is 0 Å². The average Bonchev–Trinajstić information content (AvgIpc) is 2.32. The first kappa shape index (κ1) is 14.6. The summed E-state index contributed by atoms with van der Waals surface area (Å²) in [5, 5.41) is 8.43. The molecule has 2 atom stereocenters. The van der Waals surface area contributed by atoms with Gasteiger partial charge in [-0.15, -0.1) is 4.36 Å². The van der Waals surface area contributed by atoms with Crippen LogP contribution < -0.4 is 16.2 Å². The minimum Gasteiger partial charge on any atom is -0.477 e. The predicted octanol–water partition coefficient (Wildman–Crippen LogP) is -1.45. The molecule has 8 nitrogen and oxygen atoms in total. The molecule has 18 heavy (non-hydrogen) atoms. The van der Waals surface area contributed by atoms with E-state index in [1.807, 2.05) is 7.05 Å². The summed E-state index contributed by atoms with van der Waals surface area (Å²) in [5.74, 6) is 0.317. The summed E-state index contributed by atoms with van der Waals surface area (Å²) in [5.41, 5.74) is 5.34. The number of nitrogens with one attached hydrogen (secondary N) is 1. The Morgan fingerprint density at radius 2 is 2.50 bits per heavy atom. The zero-order valence-electron chi connectivity index (χ0n) is 10.0. The number of nitrogens with two attached hydrogens (primary N) is 2. The van der Waals surface area contributed by atoms with Crippen molar-refractivity contribution in [2.24, 2.45) is 26.1 Å². The van der Waals surface area contributed by atoms with Crippen LogP contribution in [-0.4, -0.2) is 43.3 Å². The molecule has 1 heterocycles. The van der Waals surface area contributed by atoms with Crippen LogP contribution in [0.15, 0.2) is 20.5 Å². The van der Waals surface area contributed by atoms with Crippen molar-refractivity contribution >= 4 is 22.2 Å². The zero-order valence-corrected chi connectivity index (χ0v) is 10.9. The van der Waals surface area contributed by atoms with E-state index >= 15 is 0 Å². The Morgan fingerprint density at radius 1 is 1.78 bits per heavy atom. The number of amides is 1. The van der Waals surface area contributed by atoms with Crippen LogP contribution in [0.25, 0.3) is 0 Å². The molecule has 102 valence electrons. The van der Waals surface area contributed by atoms with E-state index in [1.54, 1.807) is 0 Å². The molecule has 1 amide bonds. The van der Waals surface area contributed by atoms with Crippen molar-refractivity contribution in [3.05, 3.63) is 11.1 Å². The molecule has 0 aliphatic carbocycles. The fourth-order valence-electron chi connectivity index (χ4n) is 1.48. The predicted molar refractivity (Wildman–Crippen MR) is 68.8 cm³/mol. The van der Waals surface area contributed by atoms with Gasteiger partial charge in [0.15, 0.2) is 0 Å². The minimum absolute atomic E-state index is 0.0579. The van der Waals surface area contributed by atoms with E-state index < -0.39 is 9.92 Å². The van der Waals surface area contributed by atoms with Crippen molar-refractivity contribution in [2.75, 3.05) is 26.7 Å². The molecule has 0 spiro atoms. The summed E-state index contributed by atoms with van der Waals surface area (Å²) < 4.78 is 20.4. The van der Waals surface area contributed by atoms with Crippen LogP contribution >= 0.6 is 0 Å². The number of nitrogens with zero attached hydrogens (tertiary/aromatic N) is 2. The number of hydrogen-bond donors (Lipinski definition) is 3. The quantitative estimate of drug-likeness (QED) is 0.528. The highest BCUT2D eigenvalue weighted by molar-refractivity contribution is 7.96. The van der Waals surface area contributed by atoms with Gasteiger partial charge in [0.25, 0.3) is 0 Å². The normalized spacial score (nSPS) is 23.6. The molecule has 0 bridgehead atoms. The number of carbonyl (C=O) groups excluding carboxylic acids is 1. The molecule has 0 radical (unpaired) electrons. The molecule has 2 unspecified atom stereocenters. The van der Waals surface area contributed by atoms with Gasteiger partial charge in [0.05, 0.1) is 13.2 Å². The third-order valence-electron chi connectivity index (χ3n) is 2.32. The van der Waals surface area contributed by atoms with E-state index in [-0.39, 0.29) is 23.1 Å². The van der Waals surface area contributed by atoms with Crippen LogP contribution in [0.4, 0.5) is 0 Å². The molecule has 0 fully saturated rings. The van der Waals surface area contributed by atoms with Gasteiger partial charge in [-0.2, -0.15) is 0 Å². The van der Waals surface area contributed by atoms with E-state index in [9.17, 15) is 9.00 Å². The molecular weight excluding hydrogens is 258 g/mol. The van der Waals surface area contributed by atoms with Gasteiger partial charge in [0, 0.05) is 18.7 Å². The third kappa shape index (κ3) is 3.52. The maximum absolute atomic E-state index is 11.9. The number of aliphatic imine (C=N–C) groups is 1. The second-order valence-corrected chi connectivity index (χ2v) is 5.48. The Morgan fingerprint density at radius 3 is 2.94 bits per heavy atom. The van der Waals surface area contributed by atoms with Crippen LogP contribution in [0.2, 0.25) is 0 Å². The largest absolute Gasteiger partial charge is 0.477 e. The minimum atomic E-state index is -3.38. The molecule has 0 aromatic rings. The van der Waals surface area contributed by atoms with Gasteiger partial charge in [-0.3, -0.25) is 9.79 Å². The van der Waals surface area contributed by atoms with Gasteiger partial charge >= 0.3 is 0 Å². The van der Waals surface area contributed by atoms with Gasteiger partial charge in [0.1, 0.15) is 14.8 Å². The van der Waals surface area contributed by atoms with Gasteiger partial charge in [-0.05, 0) is 7.05 Å². The number of hydrogen-bond acceptors (Lipinski definition) is 6. The monoisotopic (exact) mass is 275 g/mol. The lowest BCUT2D eigenvalue weighted by atomic mass is 10.1. The van der Waals surface area contributed by atoms with Crippen LogP contribution in [0.3, 0.4) is 0 Å². The lowest BCUT2D eigenvalue weighted by Crippen LogP contribution is -2.33. The molecule has 1 rings (SSSR count). The Labute approximate surface area is 106 Å². The second-order valence-electron chi connectivity index (χ2n) is 3.69. The lowest BCUT2D eigenvalue weighted by molar-refractivity contribution is -0.106. The number of carbonyl (C=O) groups is 1. The Balaban J connectivity index is 2.91. The summed E-state index contributed by atoms with van der Waals surface area (Å²) in [6.07, 6.45) is 1.13. The van der Waals surface area contributed by atoms with Crippen molar-refractivity contribution in [3.63, 3.8) is 0 Å². The molecule has 0 saturated heterocycles. The lowest BCUT2D eigenvalue weighted by Gasteiger charge is -2.22. The maximum Gasteiger partial charge on any atom is 0.242 e. The second kappa shape index (κ2) is 6.47. The van der Waals surface area contributed by atoms with Crippen molar-refractivity contribution in [1.29, 1.82) is 0 Å². The summed E-state index contributed by atoms with van der Waals surface area (Å²) in [7, 11) is -1.55. The van der Waals surface area contributed by atoms with E-state index in [0.29, 0.717) is 13.2 Å². The van der Waals surface area contributed by atoms with Crippen LogP contribution in [0.1, 0.15) is 0 Å². The highest BCUT2D eigenvalue weighted by atomic mass is 32.2. The van der Waals surface area contributed by atoms with Crippen LogP contribution in [-0.2, 0) is 19.4 Å². The molecule has 1 aliphatic heterocycles. The van der Waals surface area contributed by atoms with Crippen molar-refractivity contribution < 1.29 is 13.7 Å². The van der Waals surface area contributed by atoms with Gasteiger partial charge in [-0.1, -0.05) is 0 Å². The Kier molecular flexibility index (Phi) is 5.25. The standard InChI is InChI=1S/C9H17N5O3S/c1-12-3-7-4-13-9(17-5-7)8(2-10)18(11,16)14-6-15/h2,6-7,12H,3-5,10H2,1H3,(H2,11,14,15,16)/b8-2+. The highest BCUT2D eigenvalue weighted by Crippen LogP contribution is 2.14. The summed E-state index contributed by atoms with van der Waals surface area (Å²) in [4.78, 5) is 14.3. The molecule has 1 aliphatic rings. The molecular formula is C9H17N5O3S. The summed E-state index contributed by atoms with van der Waals surface area (Å²) >= 11 is 0. The maximum atomic E-state index is 11.9. The summed E-state index contributed by atoms with van der Waals surface area (Å²) in [6.45, 7) is 1.67. The van der Waals surface area contributed by atoms with Crippen molar-refractivity contribution in [2.45, 2.75) is 0 Å². The fraction of sp³-hybridized carbons (Fsp3) is 0.556. The molecule has 5 N–H and O–H groups in total. The van der Waals surface area contributed by atoms with E-state index in [1.165, 1.54) is 0 Å².